The van der Waals surface area contributed by atoms with Gasteiger partial charge in [-0.1, -0.05) is 30.3 Å². The summed E-state index contributed by atoms with van der Waals surface area (Å²) in [5.41, 5.74) is 13.2. The quantitative estimate of drug-likeness (QED) is 0.786. The number of carbonyl (C=O) groups is 1. The monoisotopic (exact) mass is 304 g/mol. The van der Waals surface area contributed by atoms with Crippen LogP contribution >= 0.6 is 0 Å². The summed E-state index contributed by atoms with van der Waals surface area (Å²) >= 11 is 0. The number of rotatable bonds is 4. The first-order valence-corrected chi connectivity index (χ1v) is 8.05. The molecule has 2 rings (SSSR count). The summed E-state index contributed by atoms with van der Waals surface area (Å²) < 4.78 is 0. The Labute approximate surface area is 133 Å². The Balaban J connectivity index is 1.98. The molecular formula is C17H28N4O. The standard InChI is InChI=1S/C17H28N4O/c1-13(19)14(2)20-16(22)21-10-8-17(12-18,9-11-21)15-6-4-3-5-7-15/h3-7,13-14H,8-12,18-19H2,1-2H3,(H,20,22). The van der Waals surface area contributed by atoms with Gasteiger partial charge in [0.2, 0.25) is 0 Å². The number of nitrogens with two attached hydrogens (primary N) is 2. The van der Waals surface area contributed by atoms with Gasteiger partial charge in [0.05, 0.1) is 0 Å². The predicted octanol–water partition coefficient (Wildman–Crippen LogP) is 1.42. The molecule has 5 N–H and O–H groups in total. The second kappa shape index (κ2) is 7.11. The molecule has 5 nitrogen and oxygen atoms in total. The van der Waals surface area contributed by atoms with Crippen molar-refractivity contribution in [1.82, 2.24) is 10.2 Å². The third-order valence-electron chi connectivity index (χ3n) is 4.92. The first-order chi connectivity index (χ1) is 10.5. The molecule has 1 saturated heterocycles. The summed E-state index contributed by atoms with van der Waals surface area (Å²) in [6.07, 6.45) is 1.79. The summed E-state index contributed by atoms with van der Waals surface area (Å²) in [5.74, 6) is 0. The van der Waals surface area contributed by atoms with E-state index < -0.39 is 0 Å². The molecule has 22 heavy (non-hydrogen) atoms. The Morgan fingerprint density at radius 1 is 1.27 bits per heavy atom. The summed E-state index contributed by atoms with van der Waals surface area (Å²) in [6, 6.07) is 10.3. The first kappa shape index (κ1) is 16.8. The zero-order valence-electron chi connectivity index (χ0n) is 13.6. The summed E-state index contributed by atoms with van der Waals surface area (Å²) in [6.45, 7) is 5.90. The number of nitrogens with one attached hydrogen (secondary N) is 1. The Morgan fingerprint density at radius 3 is 2.36 bits per heavy atom. The SMILES string of the molecule is CC(N)C(C)NC(=O)N1CCC(CN)(c2ccccc2)CC1. The van der Waals surface area contributed by atoms with Gasteiger partial charge < -0.3 is 21.7 Å². The van der Waals surface area contributed by atoms with E-state index in [9.17, 15) is 4.79 Å². The molecule has 1 aliphatic rings. The third-order valence-corrected chi connectivity index (χ3v) is 4.92. The molecule has 0 aromatic heterocycles. The number of piperidine rings is 1. The minimum atomic E-state index is -0.0545. The fourth-order valence-electron chi connectivity index (χ4n) is 2.96. The van der Waals surface area contributed by atoms with Crippen LogP contribution in [-0.2, 0) is 5.41 Å². The van der Waals surface area contributed by atoms with Crippen LogP contribution in [0.25, 0.3) is 0 Å². The Hall–Kier alpha value is -1.59. The molecule has 2 atom stereocenters. The molecule has 0 bridgehead atoms. The van der Waals surface area contributed by atoms with Gasteiger partial charge in [-0.2, -0.15) is 0 Å². The van der Waals surface area contributed by atoms with Crippen LogP contribution in [0.5, 0.6) is 0 Å². The second-order valence-electron chi connectivity index (χ2n) is 6.43. The van der Waals surface area contributed by atoms with Gasteiger partial charge >= 0.3 is 6.03 Å². The molecule has 1 aromatic carbocycles. The first-order valence-electron chi connectivity index (χ1n) is 8.05. The van der Waals surface area contributed by atoms with E-state index in [4.69, 9.17) is 11.5 Å². The largest absolute Gasteiger partial charge is 0.334 e. The maximum absolute atomic E-state index is 12.3. The Kier molecular flexibility index (Phi) is 5.42. The highest BCUT2D eigenvalue weighted by molar-refractivity contribution is 5.74. The number of amides is 2. The highest BCUT2D eigenvalue weighted by Gasteiger charge is 2.36. The summed E-state index contributed by atoms with van der Waals surface area (Å²) in [7, 11) is 0. The maximum Gasteiger partial charge on any atom is 0.317 e. The molecule has 1 aliphatic heterocycles. The van der Waals surface area contributed by atoms with Crippen molar-refractivity contribution in [3.05, 3.63) is 35.9 Å². The molecule has 0 aliphatic carbocycles. The lowest BCUT2D eigenvalue weighted by molar-refractivity contribution is 0.156. The van der Waals surface area contributed by atoms with Crippen LogP contribution in [0.4, 0.5) is 4.79 Å². The fraction of sp³-hybridized carbons (Fsp3) is 0.588. The van der Waals surface area contributed by atoms with Gasteiger partial charge in [0.25, 0.3) is 0 Å². The van der Waals surface area contributed by atoms with Crippen molar-refractivity contribution in [2.24, 2.45) is 11.5 Å². The number of likely N-dealkylation sites (tertiary alicyclic amines) is 1. The van der Waals surface area contributed by atoms with Crippen LogP contribution in [0.15, 0.2) is 30.3 Å². The molecule has 0 saturated carbocycles. The van der Waals surface area contributed by atoms with Crippen LogP contribution in [0.1, 0.15) is 32.3 Å². The van der Waals surface area contributed by atoms with E-state index in [1.807, 2.05) is 24.8 Å². The molecule has 1 fully saturated rings. The van der Waals surface area contributed by atoms with Crippen molar-refractivity contribution in [2.75, 3.05) is 19.6 Å². The summed E-state index contributed by atoms with van der Waals surface area (Å²) in [5, 5.41) is 2.96. The van der Waals surface area contributed by atoms with E-state index in [1.165, 1.54) is 5.56 Å². The van der Waals surface area contributed by atoms with Crippen LogP contribution in [0, 0.1) is 0 Å². The number of hydrogen-bond acceptors (Lipinski definition) is 3. The number of hydrogen-bond donors (Lipinski definition) is 3. The van der Waals surface area contributed by atoms with E-state index in [0.29, 0.717) is 6.54 Å². The molecular weight excluding hydrogens is 276 g/mol. The molecule has 1 aromatic rings. The Bertz CT molecular complexity index is 481. The smallest absolute Gasteiger partial charge is 0.317 e. The van der Waals surface area contributed by atoms with Gasteiger partial charge in [0, 0.05) is 37.1 Å². The minimum absolute atomic E-state index is 0.00911. The number of benzene rings is 1. The molecule has 1 heterocycles. The lowest BCUT2D eigenvalue weighted by Crippen LogP contribution is -2.54. The van der Waals surface area contributed by atoms with E-state index in [0.717, 1.165) is 25.9 Å². The van der Waals surface area contributed by atoms with Gasteiger partial charge in [-0.15, -0.1) is 0 Å². The van der Waals surface area contributed by atoms with Gasteiger partial charge in [-0.05, 0) is 32.3 Å². The van der Waals surface area contributed by atoms with Crippen molar-refractivity contribution in [3.63, 3.8) is 0 Å². The number of carbonyl (C=O) groups excluding carboxylic acids is 1. The van der Waals surface area contributed by atoms with Crippen molar-refractivity contribution < 1.29 is 4.79 Å². The topological polar surface area (TPSA) is 84.4 Å². The van der Waals surface area contributed by atoms with Crippen LogP contribution in [-0.4, -0.2) is 42.6 Å². The third kappa shape index (κ3) is 3.59. The van der Waals surface area contributed by atoms with E-state index >= 15 is 0 Å². The number of nitrogens with zero attached hydrogens (tertiary/aromatic N) is 1. The predicted molar refractivity (Wildman–Crippen MR) is 89.6 cm³/mol. The second-order valence-corrected chi connectivity index (χ2v) is 6.43. The van der Waals surface area contributed by atoms with Crippen molar-refractivity contribution in [2.45, 2.75) is 44.2 Å². The maximum atomic E-state index is 12.3. The van der Waals surface area contributed by atoms with Crippen LogP contribution in [0.2, 0.25) is 0 Å². The average Bonchev–Trinajstić information content (AvgIpc) is 2.55. The summed E-state index contributed by atoms with van der Waals surface area (Å²) in [4.78, 5) is 14.1. The molecule has 122 valence electrons. The van der Waals surface area contributed by atoms with E-state index in [1.54, 1.807) is 0 Å². The lowest BCUT2D eigenvalue weighted by atomic mass is 9.73. The van der Waals surface area contributed by atoms with Gasteiger partial charge in [-0.3, -0.25) is 0 Å². The average molecular weight is 304 g/mol. The number of urea groups is 1. The van der Waals surface area contributed by atoms with Crippen molar-refractivity contribution in [1.29, 1.82) is 0 Å². The van der Waals surface area contributed by atoms with Gasteiger partial charge in [0.15, 0.2) is 0 Å². The minimum Gasteiger partial charge on any atom is -0.334 e. The lowest BCUT2D eigenvalue weighted by Gasteiger charge is -2.42. The van der Waals surface area contributed by atoms with E-state index in [-0.39, 0.29) is 23.5 Å². The molecule has 2 amide bonds. The molecule has 2 unspecified atom stereocenters. The van der Waals surface area contributed by atoms with E-state index in [2.05, 4.69) is 29.6 Å². The van der Waals surface area contributed by atoms with Crippen LogP contribution in [0.3, 0.4) is 0 Å². The fourth-order valence-corrected chi connectivity index (χ4v) is 2.96. The highest BCUT2D eigenvalue weighted by atomic mass is 16.2. The van der Waals surface area contributed by atoms with Crippen LogP contribution < -0.4 is 16.8 Å². The zero-order chi connectivity index (χ0) is 16.2. The molecule has 5 heteroatoms. The molecule has 0 radical (unpaired) electrons. The van der Waals surface area contributed by atoms with Crippen molar-refractivity contribution in [3.8, 4) is 0 Å². The van der Waals surface area contributed by atoms with Gasteiger partial charge in [0.1, 0.15) is 0 Å². The normalized spacial score (nSPS) is 20.3. The molecule has 0 spiro atoms. The Morgan fingerprint density at radius 2 is 1.86 bits per heavy atom. The van der Waals surface area contributed by atoms with Crippen molar-refractivity contribution >= 4 is 6.03 Å². The highest BCUT2D eigenvalue weighted by Crippen LogP contribution is 2.34. The van der Waals surface area contributed by atoms with Gasteiger partial charge in [-0.25, -0.2) is 4.79 Å². The zero-order valence-corrected chi connectivity index (χ0v) is 13.6.